The van der Waals surface area contributed by atoms with Gasteiger partial charge < -0.3 is 14.8 Å². The van der Waals surface area contributed by atoms with Crippen LogP contribution in [-0.4, -0.2) is 40.0 Å². The van der Waals surface area contributed by atoms with E-state index < -0.39 is 0 Å². The lowest BCUT2D eigenvalue weighted by atomic mass is 9.53. The first-order valence-corrected chi connectivity index (χ1v) is 15.2. The van der Waals surface area contributed by atoms with E-state index >= 15 is 0 Å². The molecule has 4 fully saturated rings. The van der Waals surface area contributed by atoms with E-state index in [2.05, 4.69) is 47.3 Å². The number of anilines is 1. The molecule has 1 atom stereocenters. The maximum absolute atomic E-state index is 14.4. The van der Waals surface area contributed by atoms with Crippen LogP contribution >= 0.6 is 0 Å². The topological polar surface area (TPSA) is 57.6 Å². The third-order valence-corrected chi connectivity index (χ3v) is 9.91. The summed E-state index contributed by atoms with van der Waals surface area (Å²) >= 11 is 0. The van der Waals surface area contributed by atoms with Crippen LogP contribution in [0.5, 0.6) is 0 Å². The van der Waals surface area contributed by atoms with E-state index in [-0.39, 0.29) is 30.1 Å². The molecule has 1 aromatic heterocycles. The van der Waals surface area contributed by atoms with Crippen LogP contribution in [-0.2, 0) is 4.79 Å². The number of carbonyl (C=O) groups excluding carboxylic acids is 2. The highest BCUT2D eigenvalue weighted by Crippen LogP contribution is 2.55. The number of rotatable bonds is 7. The summed E-state index contributed by atoms with van der Waals surface area (Å²) in [5.74, 6) is 2.21. The van der Waals surface area contributed by atoms with Crippen LogP contribution in [0.25, 0.3) is 5.69 Å². The summed E-state index contributed by atoms with van der Waals surface area (Å²) in [6.07, 6.45) is 11.2. The smallest absolute Gasteiger partial charge is 0.318 e. The molecule has 2 heterocycles. The Morgan fingerprint density at radius 2 is 1.52 bits per heavy atom. The summed E-state index contributed by atoms with van der Waals surface area (Å²) in [6, 6.07) is 22.1. The Bertz CT molecular complexity index is 1360. The minimum atomic E-state index is -0.266. The first-order chi connectivity index (χ1) is 19.5. The first-order valence-electron chi connectivity index (χ1n) is 15.2. The van der Waals surface area contributed by atoms with Crippen molar-refractivity contribution >= 4 is 17.6 Å². The molecule has 8 rings (SSSR count). The van der Waals surface area contributed by atoms with Crippen molar-refractivity contribution in [1.29, 1.82) is 0 Å². The fourth-order valence-electron chi connectivity index (χ4n) is 8.62. The number of benzene rings is 2. The summed E-state index contributed by atoms with van der Waals surface area (Å²) in [5, 5.41) is 3.53. The zero-order valence-electron chi connectivity index (χ0n) is 23.5. The van der Waals surface area contributed by atoms with E-state index in [0.717, 1.165) is 72.5 Å². The number of fused-ring (bicyclic) bond motifs is 3. The summed E-state index contributed by atoms with van der Waals surface area (Å²) in [7, 11) is 0. The molecule has 1 unspecified atom stereocenters. The number of unbranched alkanes of at least 4 members (excludes halogenated alkanes) is 1. The van der Waals surface area contributed by atoms with Crippen molar-refractivity contribution in [2.75, 3.05) is 18.0 Å². The fourth-order valence-corrected chi connectivity index (χ4v) is 8.62. The molecule has 208 valence electrons. The summed E-state index contributed by atoms with van der Waals surface area (Å²) in [6.45, 7) is 2.79. The minimum absolute atomic E-state index is 0.0504. The third kappa shape index (κ3) is 4.42. The predicted octanol–water partition coefficient (Wildman–Crippen LogP) is 6.69. The van der Waals surface area contributed by atoms with E-state index in [0.29, 0.717) is 6.54 Å². The highest BCUT2D eigenvalue weighted by molar-refractivity contribution is 6.00. The van der Waals surface area contributed by atoms with E-state index in [9.17, 15) is 9.59 Å². The van der Waals surface area contributed by atoms with E-state index in [1.807, 2.05) is 47.4 Å². The van der Waals surface area contributed by atoms with Crippen LogP contribution < -0.4 is 10.2 Å². The van der Waals surface area contributed by atoms with E-state index in [1.54, 1.807) is 4.90 Å². The predicted molar refractivity (Wildman–Crippen MR) is 157 cm³/mol. The molecule has 3 amide bonds. The number of hydrogen-bond acceptors (Lipinski definition) is 2. The summed E-state index contributed by atoms with van der Waals surface area (Å²) in [5.41, 5.74) is 3.90. The standard InChI is InChI=1S/C34H40N4O2/c1-2-3-15-36(33(40)35-34-20-24-17-25(21-34)19-26(18-24)22-34)23-31(39)38-29-13-8-7-12-28(29)37-16-9-14-30(37)32(38)27-10-5-4-6-11-27/h4-14,16,24-26,32H,2-3,15,17-23H2,1H3,(H,35,40). The molecule has 2 aromatic carbocycles. The van der Waals surface area contributed by atoms with Crippen molar-refractivity contribution in [1.82, 2.24) is 14.8 Å². The van der Waals surface area contributed by atoms with Gasteiger partial charge in [-0.15, -0.1) is 0 Å². The van der Waals surface area contributed by atoms with Gasteiger partial charge >= 0.3 is 6.03 Å². The minimum Gasteiger partial charge on any atom is -0.333 e. The van der Waals surface area contributed by atoms with Gasteiger partial charge in [0.05, 0.1) is 17.1 Å². The van der Waals surface area contributed by atoms with Gasteiger partial charge in [0.25, 0.3) is 0 Å². The fraction of sp³-hybridized carbons (Fsp3) is 0.471. The molecule has 6 heteroatoms. The highest BCUT2D eigenvalue weighted by Gasteiger charge is 2.52. The van der Waals surface area contributed by atoms with Crippen molar-refractivity contribution in [3.05, 3.63) is 84.2 Å². The quantitative estimate of drug-likeness (QED) is 0.366. The molecule has 0 spiro atoms. The van der Waals surface area contributed by atoms with Gasteiger partial charge in [-0.2, -0.15) is 0 Å². The van der Waals surface area contributed by atoms with Gasteiger partial charge in [0.2, 0.25) is 5.91 Å². The Hall–Kier alpha value is -3.54. The number of para-hydroxylation sites is 2. The van der Waals surface area contributed by atoms with Crippen molar-refractivity contribution in [3.63, 3.8) is 0 Å². The van der Waals surface area contributed by atoms with Crippen LogP contribution in [0, 0.1) is 17.8 Å². The lowest BCUT2D eigenvalue weighted by Gasteiger charge is -2.57. The number of nitrogens with one attached hydrogen (secondary N) is 1. The van der Waals surface area contributed by atoms with Gasteiger partial charge in [-0.1, -0.05) is 55.8 Å². The molecule has 4 saturated carbocycles. The molecule has 4 bridgehead atoms. The maximum atomic E-state index is 14.4. The van der Waals surface area contributed by atoms with Gasteiger partial charge in [0.1, 0.15) is 12.6 Å². The molecule has 1 N–H and O–H groups in total. The van der Waals surface area contributed by atoms with E-state index in [1.165, 1.54) is 19.3 Å². The Balaban J connectivity index is 1.19. The third-order valence-electron chi connectivity index (χ3n) is 9.91. The molecule has 0 radical (unpaired) electrons. The molecular formula is C34H40N4O2. The van der Waals surface area contributed by atoms with E-state index in [4.69, 9.17) is 0 Å². The molecule has 0 saturated heterocycles. The normalized spacial score (nSPS) is 27.7. The van der Waals surface area contributed by atoms with Gasteiger partial charge in [-0.05, 0) is 92.5 Å². The van der Waals surface area contributed by atoms with Gasteiger partial charge in [-0.25, -0.2) is 4.79 Å². The second-order valence-electron chi connectivity index (χ2n) is 12.8. The SMILES string of the molecule is CCCCN(CC(=O)N1c2ccccc2-n2cccc2C1c1ccccc1)C(=O)NC12CC3CC(CC(C3)C1)C2. The maximum Gasteiger partial charge on any atom is 0.318 e. The Morgan fingerprint density at radius 3 is 2.20 bits per heavy atom. The monoisotopic (exact) mass is 536 g/mol. The van der Waals surface area contributed by atoms with Crippen LogP contribution in [0.3, 0.4) is 0 Å². The number of nitrogens with zero attached hydrogens (tertiary/aromatic N) is 3. The zero-order valence-corrected chi connectivity index (χ0v) is 23.5. The number of urea groups is 1. The van der Waals surface area contributed by atoms with Crippen LogP contribution in [0.2, 0.25) is 0 Å². The molecule has 4 aliphatic carbocycles. The highest BCUT2D eigenvalue weighted by atomic mass is 16.2. The number of aromatic nitrogens is 1. The van der Waals surface area contributed by atoms with Crippen molar-refractivity contribution in [2.24, 2.45) is 17.8 Å². The zero-order chi connectivity index (χ0) is 27.3. The first kappa shape index (κ1) is 25.4. The molecular weight excluding hydrogens is 496 g/mol. The van der Waals surface area contributed by atoms with Crippen LogP contribution in [0.4, 0.5) is 10.5 Å². The largest absolute Gasteiger partial charge is 0.333 e. The average molecular weight is 537 g/mol. The Labute approximate surface area is 237 Å². The second kappa shape index (κ2) is 10.1. The average Bonchev–Trinajstić information content (AvgIpc) is 3.44. The molecule has 1 aliphatic heterocycles. The number of hydrogen-bond donors (Lipinski definition) is 1. The lowest BCUT2D eigenvalue weighted by Crippen LogP contribution is -2.62. The van der Waals surface area contributed by atoms with Crippen molar-refractivity contribution < 1.29 is 9.59 Å². The van der Waals surface area contributed by atoms with Crippen LogP contribution in [0.1, 0.15) is 75.6 Å². The number of amides is 3. The van der Waals surface area contributed by atoms with Gasteiger partial charge in [0, 0.05) is 18.3 Å². The number of carbonyl (C=O) groups is 2. The van der Waals surface area contributed by atoms with Gasteiger partial charge in [0.15, 0.2) is 0 Å². The summed E-state index contributed by atoms with van der Waals surface area (Å²) < 4.78 is 2.19. The second-order valence-corrected chi connectivity index (χ2v) is 12.8. The Kier molecular flexibility index (Phi) is 6.44. The summed E-state index contributed by atoms with van der Waals surface area (Å²) in [4.78, 5) is 32.1. The molecule has 40 heavy (non-hydrogen) atoms. The van der Waals surface area contributed by atoms with Crippen molar-refractivity contribution in [3.8, 4) is 5.69 Å². The molecule has 6 nitrogen and oxygen atoms in total. The van der Waals surface area contributed by atoms with Crippen molar-refractivity contribution in [2.45, 2.75) is 69.9 Å². The molecule has 5 aliphatic rings. The Morgan fingerprint density at radius 1 is 0.875 bits per heavy atom. The van der Waals surface area contributed by atoms with Crippen LogP contribution in [0.15, 0.2) is 72.9 Å². The molecule has 3 aromatic rings. The lowest BCUT2D eigenvalue weighted by molar-refractivity contribution is -0.119. The van der Waals surface area contributed by atoms with Gasteiger partial charge in [-0.3, -0.25) is 9.69 Å².